The van der Waals surface area contributed by atoms with Crippen LogP contribution in [0.1, 0.15) is 37.6 Å². The Labute approximate surface area is 193 Å². The largest absolute Gasteiger partial charge is 0.340 e. The number of para-hydroxylation sites is 1. The molecule has 6 heteroatoms. The molecule has 1 aliphatic rings. The fraction of sp³-hybridized carbons (Fsp3) is 0.333. The fourth-order valence-corrected chi connectivity index (χ4v) is 4.95. The molecule has 2 amide bonds. The minimum atomic E-state index is -0.375. The summed E-state index contributed by atoms with van der Waals surface area (Å²) in [5.74, 6) is -0.504. The Kier molecular flexibility index (Phi) is 5.44. The van der Waals surface area contributed by atoms with Crippen LogP contribution in [0, 0.1) is 19.8 Å². The molecule has 0 spiro atoms. The number of carbonyl (C=O) groups excluding carboxylic acids is 2. The van der Waals surface area contributed by atoms with Crippen LogP contribution in [0.2, 0.25) is 0 Å². The summed E-state index contributed by atoms with van der Waals surface area (Å²) in [7, 11) is 0. The summed E-state index contributed by atoms with van der Waals surface area (Å²) in [4.78, 5) is 27.6. The van der Waals surface area contributed by atoms with E-state index in [0.717, 1.165) is 41.8 Å². The molecule has 5 rings (SSSR count). The van der Waals surface area contributed by atoms with Crippen molar-refractivity contribution in [1.29, 1.82) is 0 Å². The Morgan fingerprint density at radius 1 is 1.00 bits per heavy atom. The molecule has 4 aromatic rings. The van der Waals surface area contributed by atoms with Crippen molar-refractivity contribution < 1.29 is 9.59 Å². The molecule has 1 aliphatic heterocycles. The fourth-order valence-electron chi connectivity index (χ4n) is 4.95. The van der Waals surface area contributed by atoms with E-state index < -0.39 is 0 Å². The van der Waals surface area contributed by atoms with Gasteiger partial charge in [0.25, 0.3) is 0 Å². The number of fused-ring (bicyclic) bond motifs is 3. The molecule has 1 saturated heterocycles. The molecule has 0 radical (unpaired) electrons. The van der Waals surface area contributed by atoms with E-state index in [9.17, 15) is 9.59 Å². The predicted molar refractivity (Wildman–Crippen MR) is 133 cm³/mol. The number of anilines is 1. The number of carbonyl (C=O) groups is 2. The van der Waals surface area contributed by atoms with Gasteiger partial charge in [-0.2, -0.15) is 0 Å². The first-order chi connectivity index (χ1) is 16.0. The first kappa shape index (κ1) is 21.3. The molecule has 3 heterocycles. The quantitative estimate of drug-likeness (QED) is 0.450. The summed E-state index contributed by atoms with van der Waals surface area (Å²) >= 11 is 0. The average molecular weight is 443 g/mol. The zero-order chi connectivity index (χ0) is 23.1. The third kappa shape index (κ3) is 3.69. The molecule has 33 heavy (non-hydrogen) atoms. The second kappa shape index (κ2) is 8.43. The number of unbranched alkanes of at least 4 members (excludes halogenated alkanes) is 1. The van der Waals surface area contributed by atoms with Crippen LogP contribution in [-0.4, -0.2) is 27.6 Å². The molecule has 0 saturated carbocycles. The highest BCUT2D eigenvalue weighted by Gasteiger charge is 2.35. The minimum absolute atomic E-state index is 0.00910. The summed E-state index contributed by atoms with van der Waals surface area (Å²) in [5.41, 5.74) is 8.16. The Morgan fingerprint density at radius 3 is 2.48 bits per heavy atom. The zero-order valence-corrected chi connectivity index (χ0v) is 19.5. The molecule has 170 valence electrons. The van der Waals surface area contributed by atoms with Crippen molar-refractivity contribution in [2.45, 2.75) is 46.6 Å². The molecular formula is C27H30N4O2. The van der Waals surface area contributed by atoms with E-state index in [1.54, 1.807) is 9.58 Å². The van der Waals surface area contributed by atoms with Crippen molar-refractivity contribution in [3.8, 4) is 0 Å². The maximum absolute atomic E-state index is 12.9. The van der Waals surface area contributed by atoms with Gasteiger partial charge in [-0.1, -0.05) is 31.5 Å². The maximum atomic E-state index is 12.9. The molecule has 1 fully saturated rings. The predicted octanol–water partition coefficient (Wildman–Crippen LogP) is 5.14. The number of hydrogen-bond donors (Lipinski definition) is 1. The number of aryl methyl sites for hydroxylation is 3. The van der Waals surface area contributed by atoms with Crippen LogP contribution < -0.4 is 10.3 Å². The number of nitrogens with one attached hydrogen (secondary N) is 1. The molecular weight excluding hydrogens is 412 g/mol. The first-order valence-corrected chi connectivity index (χ1v) is 11.7. The number of nitrogens with zero attached hydrogens (tertiary/aromatic N) is 3. The molecule has 1 unspecified atom stereocenters. The molecule has 2 aromatic carbocycles. The van der Waals surface area contributed by atoms with Crippen LogP contribution in [0.5, 0.6) is 0 Å². The van der Waals surface area contributed by atoms with Gasteiger partial charge in [-0.3, -0.25) is 19.7 Å². The van der Waals surface area contributed by atoms with Gasteiger partial charge < -0.3 is 9.47 Å². The van der Waals surface area contributed by atoms with Crippen molar-refractivity contribution in [2.24, 2.45) is 5.92 Å². The van der Waals surface area contributed by atoms with E-state index in [1.807, 2.05) is 32.0 Å². The molecule has 1 N–H and O–H groups in total. The van der Waals surface area contributed by atoms with E-state index in [0.29, 0.717) is 6.54 Å². The van der Waals surface area contributed by atoms with E-state index in [2.05, 4.69) is 53.3 Å². The van der Waals surface area contributed by atoms with E-state index >= 15 is 0 Å². The molecule has 6 nitrogen and oxygen atoms in total. The van der Waals surface area contributed by atoms with Crippen molar-refractivity contribution in [1.82, 2.24) is 9.24 Å². The van der Waals surface area contributed by atoms with Gasteiger partial charge in [0.2, 0.25) is 11.8 Å². The monoisotopic (exact) mass is 442 g/mol. The second-order valence-corrected chi connectivity index (χ2v) is 9.06. The van der Waals surface area contributed by atoms with Crippen LogP contribution in [0.4, 0.5) is 5.69 Å². The Bertz CT molecular complexity index is 1340. The Morgan fingerprint density at radius 2 is 1.73 bits per heavy atom. The van der Waals surface area contributed by atoms with Crippen LogP contribution >= 0.6 is 0 Å². The number of aromatic nitrogens is 2. The first-order valence-electron chi connectivity index (χ1n) is 11.7. The van der Waals surface area contributed by atoms with Crippen molar-refractivity contribution in [2.75, 3.05) is 16.9 Å². The normalized spacial score (nSPS) is 16.3. The van der Waals surface area contributed by atoms with Gasteiger partial charge >= 0.3 is 0 Å². The summed E-state index contributed by atoms with van der Waals surface area (Å²) < 4.78 is 4.16. The van der Waals surface area contributed by atoms with Crippen molar-refractivity contribution >= 4 is 39.3 Å². The summed E-state index contributed by atoms with van der Waals surface area (Å²) in [6.45, 7) is 7.47. The lowest BCUT2D eigenvalue weighted by molar-refractivity contribution is -0.123. The van der Waals surface area contributed by atoms with Crippen molar-refractivity contribution in [3.63, 3.8) is 0 Å². The van der Waals surface area contributed by atoms with Crippen LogP contribution in [0.25, 0.3) is 21.8 Å². The highest BCUT2D eigenvalue weighted by Crippen LogP contribution is 2.34. The summed E-state index contributed by atoms with van der Waals surface area (Å²) in [5, 5.41) is 2.35. The highest BCUT2D eigenvalue weighted by molar-refractivity contribution is 6.10. The van der Waals surface area contributed by atoms with Gasteiger partial charge in [0.05, 0.1) is 5.92 Å². The van der Waals surface area contributed by atoms with Gasteiger partial charge in [0, 0.05) is 58.4 Å². The third-order valence-corrected chi connectivity index (χ3v) is 6.79. The van der Waals surface area contributed by atoms with E-state index in [4.69, 9.17) is 0 Å². The standard InChI is InChI=1S/C27H30N4O2/c1-4-5-14-29-24-9-7-6-8-22(24)23-16-21(12-13-25(23)29)30-17-20(15-26(30)32)27(33)28-31-18(2)10-11-19(31)3/h6-13,16,20H,4-5,14-15,17H2,1-3H3,(H,28,33). The number of benzene rings is 2. The van der Waals surface area contributed by atoms with Gasteiger partial charge in [-0.15, -0.1) is 0 Å². The van der Waals surface area contributed by atoms with Gasteiger partial charge in [-0.05, 0) is 56.7 Å². The second-order valence-electron chi connectivity index (χ2n) is 9.06. The van der Waals surface area contributed by atoms with Gasteiger partial charge in [0.1, 0.15) is 0 Å². The molecule has 2 aromatic heterocycles. The lowest BCUT2D eigenvalue weighted by Crippen LogP contribution is -2.32. The smallest absolute Gasteiger partial charge is 0.244 e. The Hall–Kier alpha value is -3.54. The van der Waals surface area contributed by atoms with Crippen LogP contribution in [0.3, 0.4) is 0 Å². The highest BCUT2D eigenvalue weighted by atomic mass is 16.2. The van der Waals surface area contributed by atoms with E-state index in [1.165, 1.54) is 16.4 Å². The van der Waals surface area contributed by atoms with Gasteiger partial charge in [0.15, 0.2) is 0 Å². The summed E-state index contributed by atoms with van der Waals surface area (Å²) in [6, 6.07) is 18.6. The summed E-state index contributed by atoms with van der Waals surface area (Å²) in [6.07, 6.45) is 2.48. The zero-order valence-electron chi connectivity index (χ0n) is 19.5. The molecule has 1 atom stereocenters. The number of hydrogen-bond acceptors (Lipinski definition) is 2. The van der Waals surface area contributed by atoms with Crippen LogP contribution in [-0.2, 0) is 16.1 Å². The van der Waals surface area contributed by atoms with Crippen LogP contribution in [0.15, 0.2) is 54.6 Å². The molecule has 0 bridgehead atoms. The lowest BCUT2D eigenvalue weighted by Gasteiger charge is -2.18. The van der Waals surface area contributed by atoms with E-state index in [-0.39, 0.29) is 24.2 Å². The maximum Gasteiger partial charge on any atom is 0.244 e. The Balaban J connectivity index is 1.44. The average Bonchev–Trinajstić information content (AvgIpc) is 3.46. The molecule has 0 aliphatic carbocycles. The van der Waals surface area contributed by atoms with Gasteiger partial charge in [-0.25, -0.2) is 0 Å². The minimum Gasteiger partial charge on any atom is -0.340 e. The van der Waals surface area contributed by atoms with Crippen molar-refractivity contribution in [3.05, 3.63) is 66.0 Å². The number of amides is 2. The third-order valence-electron chi connectivity index (χ3n) is 6.79. The SMILES string of the molecule is CCCCn1c2ccccc2c2cc(N3CC(C(=O)Nn4c(C)ccc4C)CC3=O)ccc21. The number of rotatable bonds is 6. The topological polar surface area (TPSA) is 59.3 Å². The lowest BCUT2D eigenvalue weighted by atomic mass is 10.1.